The Balaban J connectivity index is 1.31. The van der Waals surface area contributed by atoms with E-state index in [2.05, 4.69) is 37.8 Å². The first-order valence-corrected chi connectivity index (χ1v) is 11.3. The van der Waals surface area contributed by atoms with Crippen LogP contribution >= 0.6 is 0 Å². The summed E-state index contributed by atoms with van der Waals surface area (Å²) in [7, 11) is 3.07. The van der Waals surface area contributed by atoms with Gasteiger partial charge in [0.15, 0.2) is 5.82 Å². The average molecular weight is 448 g/mol. The number of benzene rings is 1. The molecule has 0 amide bonds. The molecule has 2 aliphatic rings. The van der Waals surface area contributed by atoms with Gasteiger partial charge in [-0.1, -0.05) is 24.3 Å². The minimum Gasteiger partial charge on any atom is -0.481 e. The minimum absolute atomic E-state index is 0.0931. The number of nitrogens with zero attached hydrogens (tertiary/aromatic N) is 5. The molecule has 2 aromatic heterocycles. The van der Waals surface area contributed by atoms with E-state index in [1.165, 1.54) is 7.11 Å². The van der Waals surface area contributed by atoms with Crippen molar-refractivity contribution in [2.24, 2.45) is 11.8 Å². The quantitative estimate of drug-likeness (QED) is 0.616. The number of hydrogen-bond donors (Lipinski definition) is 1. The summed E-state index contributed by atoms with van der Waals surface area (Å²) in [6, 6.07) is 8.37. The Bertz CT molecular complexity index is 1140. The molecule has 2 fully saturated rings. The Morgan fingerprint density at radius 3 is 2.58 bits per heavy atom. The van der Waals surface area contributed by atoms with Crippen LogP contribution in [0.1, 0.15) is 29.5 Å². The molecule has 0 spiro atoms. The molecule has 8 nitrogen and oxygen atoms in total. The van der Waals surface area contributed by atoms with Crippen molar-refractivity contribution < 1.29 is 14.6 Å². The third-order valence-electron chi connectivity index (χ3n) is 7.10. The Kier molecular flexibility index (Phi) is 5.72. The lowest BCUT2D eigenvalue weighted by molar-refractivity contribution is -0.00972. The fourth-order valence-electron chi connectivity index (χ4n) is 5.41. The fraction of sp³-hybridized carbons (Fsp3) is 0.440. The summed E-state index contributed by atoms with van der Waals surface area (Å²) in [4.78, 5) is 20.1. The molecule has 3 heterocycles. The maximum atomic E-state index is 11.7. The van der Waals surface area contributed by atoms with Gasteiger partial charge in [-0.25, -0.2) is 15.0 Å². The molecule has 172 valence electrons. The predicted molar refractivity (Wildman–Crippen MR) is 123 cm³/mol. The Morgan fingerprint density at radius 1 is 1.06 bits per heavy atom. The third-order valence-corrected chi connectivity index (χ3v) is 7.10. The second kappa shape index (κ2) is 8.68. The van der Waals surface area contributed by atoms with Crippen LogP contribution in [-0.2, 0) is 12.1 Å². The van der Waals surface area contributed by atoms with Crippen molar-refractivity contribution in [3.8, 4) is 23.3 Å². The number of likely N-dealkylation sites (tertiary alicyclic amines) is 1. The van der Waals surface area contributed by atoms with E-state index in [1.54, 1.807) is 13.3 Å². The van der Waals surface area contributed by atoms with Crippen LogP contribution in [0.5, 0.6) is 11.9 Å². The summed E-state index contributed by atoms with van der Waals surface area (Å²) in [5, 5.41) is 11.7. The normalized spacial score (nSPS) is 24.6. The first kappa shape index (κ1) is 21.7. The van der Waals surface area contributed by atoms with Crippen LogP contribution in [0.4, 0.5) is 0 Å². The van der Waals surface area contributed by atoms with E-state index in [4.69, 9.17) is 9.47 Å². The van der Waals surface area contributed by atoms with Crippen LogP contribution in [0.25, 0.3) is 11.4 Å². The number of hydrogen-bond acceptors (Lipinski definition) is 8. The number of ether oxygens (including phenoxy) is 2. The maximum absolute atomic E-state index is 11.7. The number of fused-ring (bicyclic) bond motifs is 1. The lowest BCUT2D eigenvalue weighted by atomic mass is 9.83. The highest BCUT2D eigenvalue weighted by atomic mass is 16.5. The van der Waals surface area contributed by atoms with Gasteiger partial charge in [-0.2, -0.15) is 4.98 Å². The Hall–Kier alpha value is -3.10. The van der Waals surface area contributed by atoms with Gasteiger partial charge in [0.25, 0.3) is 0 Å². The van der Waals surface area contributed by atoms with Crippen LogP contribution in [-0.4, -0.2) is 57.3 Å². The van der Waals surface area contributed by atoms with Crippen molar-refractivity contribution in [1.29, 1.82) is 0 Å². The first-order valence-electron chi connectivity index (χ1n) is 11.3. The van der Waals surface area contributed by atoms with E-state index < -0.39 is 5.60 Å². The number of aryl methyl sites for hydroxylation is 1. The summed E-state index contributed by atoms with van der Waals surface area (Å²) in [5.41, 5.74) is 2.92. The molecule has 1 aliphatic carbocycles. The molecule has 0 unspecified atom stereocenters. The van der Waals surface area contributed by atoms with E-state index in [9.17, 15) is 5.11 Å². The highest BCUT2D eigenvalue weighted by molar-refractivity contribution is 5.59. The van der Waals surface area contributed by atoms with Gasteiger partial charge >= 0.3 is 6.01 Å². The summed E-state index contributed by atoms with van der Waals surface area (Å²) >= 11 is 0. The number of aliphatic hydroxyl groups is 1. The van der Waals surface area contributed by atoms with Crippen LogP contribution < -0.4 is 9.47 Å². The van der Waals surface area contributed by atoms with Crippen molar-refractivity contribution >= 4 is 0 Å². The second-order valence-corrected chi connectivity index (χ2v) is 9.03. The van der Waals surface area contributed by atoms with E-state index in [1.807, 2.05) is 30.6 Å². The van der Waals surface area contributed by atoms with Crippen LogP contribution in [0.2, 0.25) is 0 Å². The van der Waals surface area contributed by atoms with Crippen molar-refractivity contribution in [3.05, 3.63) is 59.5 Å². The van der Waals surface area contributed by atoms with Crippen molar-refractivity contribution in [2.45, 2.75) is 31.9 Å². The summed E-state index contributed by atoms with van der Waals surface area (Å²) in [5.74, 6) is 1.63. The average Bonchev–Trinajstić information content (AvgIpc) is 3.39. The fourth-order valence-corrected chi connectivity index (χ4v) is 5.41. The van der Waals surface area contributed by atoms with Crippen molar-refractivity contribution in [1.82, 2.24) is 24.8 Å². The summed E-state index contributed by atoms with van der Waals surface area (Å²) in [6.45, 7) is 4.55. The molecule has 5 rings (SSSR count). The molecular weight excluding hydrogens is 418 g/mol. The molecule has 3 atom stereocenters. The topological polar surface area (TPSA) is 93.5 Å². The van der Waals surface area contributed by atoms with Crippen molar-refractivity contribution in [3.63, 3.8) is 0 Å². The Morgan fingerprint density at radius 2 is 1.85 bits per heavy atom. The maximum Gasteiger partial charge on any atom is 0.319 e. The number of aromatic nitrogens is 4. The van der Waals surface area contributed by atoms with Gasteiger partial charge in [0.2, 0.25) is 5.88 Å². The van der Waals surface area contributed by atoms with Gasteiger partial charge in [0, 0.05) is 55.3 Å². The van der Waals surface area contributed by atoms with Gasteiger partial charge in [-0.3, -0.25) is 4.90 Å². The zero-order chi connectivity index (χ0) is 23.0. The summed E-state index contributed by atoms with van der Waals surface area (Å²) in [6.07, 6.45) is 7.10. The van der Waals surface area contributed by atoms with E-state index in [0.717, 1.165) is 48.6 Å². The van der Waals surface area contributed by atoms with Crippen molar-refractivity contribution in [2.75, 3.05) is 27.3 Å². The number of methoxy groups -OCH3 is 2. The molecule has 1 saturated carbocycles. The molecule has 0 bridgehead atoms. The largest absolute Gasteiger partial charge is 0.481 e. The lowest BCUT2D eigenvalue weighted by Gasteiger charge is -2.31. The van der Waals surface area contributed by atoms with E-state index in [0.29, 0.717) is 23.8 Å². The molecule has 33 heavy (non-hydrogen) atoms. The lowest BCUT2D eigenvalue weighted by Crippen LogP contribution is -2.35. The summed E-state index contributed by atoms with van der Waals surface area (Å²) < 4.78 is 10.6. The third kappa shape index (κ3) is 3.94. The number of rotatable bonds is 6. The van der Waals surface area contributed by atoms with Gasteiger partial charge < -0.3 is 14.6 Å². The molecule has 0 radical (unpaired) electrons. The highest BCUT2D eigenvalue weighted by Gasteiger charge is 2.53. The smallest absolute Gasteiger partial charge is 0.319 e. The van der Waals surface area contributed by atoms with Gasteiger partial charge in [0.05, 0.1) is 19.8 Å². The molecular formula is C25H29N5O3. The molecule has 1 aliphatic heterocycles. The second-order valence-electron chi connectivity index (χ2n) is 9.03. The molecule has 8 heteroatoms. The standard InChI is InChI=1S/C25H29N5O3/c1-16-6-4-5-7-19(16)22-26-10-17(11-27-22)13-30-14-18-8-9-25(31,21(18)15-30)20-12-28-24(33-3)29-23(20)32-2/h4-7,10-12,18,21,31H,8-9,13-15H2,1-3H3/t18-,21+,25+/m1/s1. The van der Waals surface area contributed by atoms with Gasteiger partial charge in [-0.15, -0.1) is 0 Å². The van der Waals surface area contributed by atoms with Crippen LogP contribution in [0, 0.1) is 18.8 Å². The minimum atomic E-state index is -1.01. The molecule has 1 aromatic carbocycles. The first-order chi connectivity index (χ1) is 16.0. The zero-order valence-electron chi connectivity index (χ0n) is 19.2. The predicted octanol–water partition coefficient (Wildman–Crippen LogP) is 2.99. The molecule has 3 aromatic rings. The van der Waals surface area contributed by atoms with Gasteiger partial charge in [-0.05, 0) is 31.2 Å². The Labute approximate surface area is 193 Å². The van der Waals surface area contributed by atoms with Crippen LogP contribution in [0.15, 0.2) is 42.9 Å². The highest BCUT2D eigenvalue weighted by Crippen LogP contribution is 2.52. The van der Waals surface area contributed by atoms with E-state index >= 15 is 0 Å². The molecule has 1 N–H and O–H groups in total. The van der Waals surface area contributed by atoms with Crippen LogP contribution in [0.3, 0.4) is 0 Å². The zero-order valence-corrected chi connectivity index (χ0v) is 19.2. The SMILES string of the molecule is COc1ncc([C@@]2(O)CC[C@@H]3CN(Cc4cnc(-c5ccccc5C)nc4)C[C@@H]32)c(OC)n1. The van der Waals surface area contributed by atoms with E-state index in [-0.39, 0.29) is 11.9 Å². The van der Waals surface area contributed by atoms with Gasteiger partial charge in [0.1, 0.15) is 5.60 Å². The monoisotopic (exact) mass is 447 g/mol. The molecule has 1 saturated heterocycles.